The monoisotopic (exact) mass is 280 g/mol. The van der Waals surface area contributed by atoms with Crippen molar-refractivity contribution in [3.8, 4) is 0 Å². The third kappa shape index (κ3) is 2.47. The molecule has 1 aromatic rings. The van der Waals surface area contributed by atoms with Crippen LogP contribution in [-0.2, 0) is 0 Å². The lowest BCUT2D eigenvalue weighted by atomic mass is 9.90. The van der Waals surface area contributed by atoms with E-state index in [9.17, 15) is 9.90 Å². The average molecular weight is 281 g/mol. The molecule has 2 aliphatic rings. The third-order valence-electron chi connectivity index (χ3n) is 4.23. The summed E-state index contributed by atoms with van der Waals surface area (Å²) >= 11 is 6.02. The minimum absolute atomic E-state index is 0.0543. The molecule has 2 heterocycles. The van der Waals surface area contributed by atoms with Crippen molar-refractivity contribution in [1.29, 1.82) is 0 Å². The highest BCUT2D eigenvalue weighted by Crippen LogP contribution is 2.45. The maximum absolute atomic E-state index is 12.4. The molecule has 0 radical (unpaired) electrons. The number of pyridine rings is 1. The van der Waals surface area contributed by atoms with Crippen LogP contribution >= 0.6 is 11.6 Å². The van der Waals surface area contributed by atoms with Gasteiger partial charge in [0.15, 0.2) is 0 Å². The summed E-state index contributed by atoms with van der Waals surface area (Å²) in [6, 6.07) is 1.65. The van der Waals surface area contributed by atoms with Crippen molar-refractivity contribution in [2.24, 2.45) is 5.92 Å². The Balaban J connectivity index is 1.75. The molecule has 102 valence electrons. The molecule has 1 atom stereocenters. The van der Waals surface area contributed by atoms with E-state index in [0.29, 0.717) is 17.1 Å². The van der Waals surface area contributed by atoms with Crippen LogP contribution in [0.1, 0.15) is 36.0 Å². The van der Waals surface area contributed by atoms with E-state index in [1.807, 2.05) is 4.90 Å². The summed E-state index contributed by atoms with van der Waals surface area (Å²) in [5.41, 5.74) is -0.0128. The Labute approximate surface area is 117 Å². The lowest BCUT2D eigenvalue weighted by molar-refractivity contribution is 0.0282. The van der Waals surface area contributed by atoms with Crippen molar-refractivity contribution in [1.82, 2.24) is 9.88 Å². The van der Waals surface area contributed by atoms with Gasteiger partial charge in [-0.15, -0.1) is 0 Å². The Morgan fingerprint density at radius 3 is 3.00 bits per heavy atom. The Kier molecular flexibility index (Phi) is 3.23. The lowest BCUT2D eigenvalue weighted by Crippen LogP contribution is -2.44. The number of aliphatic hydroxyl groups is 1. The number of hydrogen-bond acceptors (Lipinski definition) is 3. The second-order valence-corrected chi connectivity index (χ2v) is 5.96. The smallest absolute Gasteiger partial charge is 0.255 e. The zero-order valence-electron chi connectivity index (χ0n) is 10.7. The molecule has 1 saturated carbocycles. The first kappa shape index (κ1) is 12.9. The number of aromatic nitrogens is 1. The molecular weight excluding hydrogens is 264 g/mol. The van der Waals surface area contributed by atoms with Crippen LogP contribution in [0.25, 0.3) is 0 Å². The van der Waals surface area contributed by atoms with Crippen LogP contribution in [0.5, 0.6) is 0 Å². The van der Waals surface area contributed by atoms with Crippen LogP contribution in [0.4, 0.5) is 0 Å². The van der Waals surface area contributed by atoms with Gasteiger partial charge in [-0.05, 0) is 31.7 Å². The maximum atomic E-state index is 12.4. The Morgan fingerprint density at radius 1 is 1.53 bits per heavy atom. The van der Waals surface area contributed by atoms with Gasteiger partial charge >= 0.3 is 0 Å². The summed E-state index contributed by atoms with van der Waals surface area (Å²) in [6.45, 7) is 1.37. The largest absolute Gasteiger partial charge is 0.390 e. The summed E-state index contributed by atoms with van der Waals surface area (Å²) in [5, 5.41) is 10.6. The molecule has 1 unspecified atom stereocenters. The van der Waals surface area contributed by atoms with Crippen molar-refractivity contribution >= 4 is 17.5 Å². The highest BCUT2D eigenvalue weighted by molar-refractivity contribution is 6.33. The van der Waals surface area contributed by atoms with Gasteiger partial charge in [-0.25, -0.2) is 0 Å². The van der Waals surface area contributed by atoms with Crippen molar-refractivity contribution in [2.75, 3.05) is 13.1 Å². The van der Waals surface area contributed by atoms with Crippen LogP contribution in [0.2, 0.25) is 5.02 Å². The highest BCUT2D eigenvalue weighted by atomic mass is 35.5. The van der Waals surface area contributed by atoms with Crippen LogP contribution in [0.15, 0.2) is 18.5 Å². The first-order valence-electron chi connectivity index (χ1n) is 6.71. The van der Waals surface area contributed by atoms with Crippen LogP contribution < -0.4 is 0 Å². The summed E-state index contributed by atoms with van der Waals surface area (Å²) in [6.07, 6.45) is 6.76. The Morgan fingerprint density at radius 2 is 2.32 bits per heavy atom. The van der Waals surface area contributed by atoms with E-state index in [0.717, 1.165) is 32.2 Å². The molecule has 1 aliphatic heterocycles. The van der Waals surface area contributed by atoms with E-state index in [1.165, 1.54) is 6.20 Å². The standard InChI is InChI=1S/C14H17ClN2O2/c15-12-8-16-6-3-11(12)13(18)17-7-1-2-10(9-17)14(19)4-5-14/h3,6,8,10,19H,1-2,4-5,7,9H2. The quantitative estimate of drug-likeness (QED) is 0.903. The van der Waals surface area contributed by atoms with Gasteiger partial charge in [-0.1, -0.05) is 11.6 Å². The fourth-order valence-corrected chi connectivity index (χ4v) is 3.06. The maximum Gasteiger partial charge on any atom is 0.255 e. The number of carbonyl (C=O) groups is 1. The van der Waals surface area contributed by atoms with E-state index in [2.05, 4.69) is 4.98 Å². The van der Waals surface area contributed by atoms with Crippen molar-refractivity contribution in [2.45, 2.75) is 31.3 Å². The minimum Gasteiger partial charge on any atom is -0.390 e. The SMILES string of the molecule is O=C(c1ccncc1Cl)N1CCCC(C2(O)CC2)C1. The minimum atomic E-state index is -0.513. The van der Waals surface area contributed by atoms with Crippen molar-refractivity contribution in [3.05, 3.63) is 29.0 Å². The van der Waals surface area contributed by atoms with Crippen LogP contribution in [0, 0.1) is 5.92 Å². The molecule has 1 N–H and O–H groups in total. The van der Waals surface area contributed by atoms with E-state index >= 15 is 0 Å². The van der Waals surface area contributed by atoms with E-state index in [1.54, 1.807) is 12.3 Å². The molecule has 0 bridgehead atoms. The predicted molar refractivity (Wildman–Crippen MR) is 72.1 cm³/mol. The molecule has 0 aromatic carbocycles. The first-order valence-corrected chi connectivity index (χ1v) is 7.09. The van der Waals surface area contributed by atoms with E-state index in [-0.39, 0.29) is 11.8 Å². The fourth-order valence-electron chi connectivity index (χ4n) is 2.86. The number of rotatable bonds is 2. The number of amides is 1. The molecule has 3 rings (SSSR count). The third-order valence-corrected chi connectivity index (χ3v) is 4.53. The fraction of sp³-hybridized carbons (Fsp3) is 0.571. The zero-order chi connectivity index (χ0) is 13.5. The molecule has 4 nitrogen and oxygen atoms in total. The van der Waals surface area contributed by atoms with Gasteiger partial charge in [0, 0.05) is 31.4 Å². The molecule has 1 aromatic heterocycles. The molecule has 0 spiro atoms. The summed E-state index contributed by atoms with van der Waals surface area (Å²) in [4.78, 5) is 18.2. The number of hydrogen-bond donors (Lipinski definition) is 1. The number of halogens is 1. The summed E-state index contributed by atoms with van der Waals surface area (Å²) < 4.78 is 0. The molecule has 1 saturated heterocycles. The van der Waals surface area contributed by atoms with Crippen LogP contribution in [0.3, 0.4) is 0 Å². The van der Waals surface area contributed by atoms with Crippen molar-refractivity contribution in [3.63, 3.8) is 0 Å². The second-order valence-electron chi connectivity index (χ2n) is 5.55. The van der Waals surface area contributed by atoms with Gasteiger partial charge in [0.1, 0.15) is 0 Å². The number of piperidine rings is 1. The first-order chi connectivity index (χ1) is 9.10. The van der Waals surface area contributed by atoms with Gasteiger partial charge in [0.25, 0.3) is 5.91 Å². The second kappa shape index (κ2) is 4.76. The number of carbonyl (C=O) groups excluding carboxylic acids is 1. The molecule has 1 amide bonds. The normalized spacial score (nSPS) is 25.2. The van der Waals surface area contributed by atoms with E-state index in [4.69, 9.17) is 11.6 Å². The zero-order valence-corrected chi connectivity index (χ0v) is 11.4. The number of nitrogens with zero attached hydrogens (tertiary/aromatic N) is 2. The molecule has 5 heteroatoms. The molecule has 2 fully saturated rings. The van der Waals surface area contributed by atoms with Gasteiger partial charge in [0.05, 0.1) is 16.2 Å². The van der Waals surface area contributed by atoms with Crippen LogP contribution in [-0.4, -0.2) is 39.6 Å². The van der Waals surface area contributed by atoms with E-state index < -0.39 is 5.60 Å². The Hall–Kier alpha value is -1.13. The predicted octanol–water partition coefficient (Wildman–Crippen LogP) is 2.11. The van der Waals surface area contributed by atoms with Crippen molar-refractivity contribution < 1.29 is 9.90 Å². The summed E-state index contributed by atoms with van der Waals surface area (Å²) in [7, 11) is 0. The van der Waals surface area contributed by atoms with Gasteiger partial charge in [0.2, 0.25) is 0 Å². The lowest BCUT2D eigenvalue weighted by Gasteiger charge is -2.35. The van der Waals surface area contributed by atoms with Gasteiger partial charge in [-0.3, -0.25) is 9.78 Å². The van der Waals surface area contributed by atoms with Gasteiger partial charge < -0.3 is 10.0 Å². The summed E-state index contributed by atoms with van der Waals surface area (Å²) in [5.74, 6) is 0.159. The van der Waals surface area contributed by atoms with Gasteiger partial charge in [-0.2, -0.15) is 0 Å². The topological polar surface area (TPSA) is 53.4 Å². The number of likely N-dealkylation sites (tertiary alicyclic amines) is 1. The molecule has 1 aliphatic carbocycles. The highest BCUT2D eigenvalue weighted by Gasteiger charge is 2.49. The molecular formula is C14H17ClN2O2. The average Bonchev–Trinajstić information content (AvgIpc) is 3.18. The molecule has 19 heavy (non-hydrogen) atoms. The Bertz CT molecular complexity index is 502.